The van der Waals surface area contributed by atoms with Crippen molar-refractivity contribution in [1.29, 1.82) is 0 Å². The summed E-state index contributed by atoms with van der Waals surface area (Å²) in [7, 11) is 0. The van der Waals surface area contributed by atoms with Gasteiger partial charge in [0.25, 0.3) is 0 Å². The minimum atomic E-state index is 0.793. The summed E-state index contributed by atoms with van der Waals surface area (Å²) >= 11 is 0. The Kier molecular flexibility index (Phi) is 1.22. The van der Waals surface area contributed by atoms with Crippen LogP contribution in [0.25, 0.3) is 0 Å². The van der Waals surface area contributed by atoms with Crippen molar-refractivity contribution in [3.05, 3.63) is 11.3 Å². The van der Waals surface area contributed by atoms with Gasteiger partial charge in [0, 0.05) is 23.7 Å². The molecule has 0 amide bonds. The van der Waals surface area contributed by atoms with E-state index in [2.05, 4.69) is 15.5 Å². The predicted molar refractivity (Wildman–Crippen MR) is 47.4 cm³/mol. The Morgan fingerprint density at radius 1 is 1.33 bits per heavy atom. The molecule has 2 heterocycles. The lowest BCUT2D eigenvalue weighted by atomic mass is 9.81. The number of nitrogens with one attached hydrogen (secondary N) is 2. The SMILES string of the molecule is C1CC(c2[nH]nc3c2CCN3)C1. The molecule has 1 saturated carbocycles. The normalized spacial score (nSPS) is 21.7. The Labute approximate surface area is 71.6 Å². The highest BCUT2D eigenvalue weighted by Crippen LogP contribution is 2.39. The van der Waals surface area contributed by atoms with Gasteiger partial charge >= 0.3 is 0 Å². The van der Waals surface area contributed by atoms with E-state index in [-0.39, 0.29) is 0 Å². The van der Waals surface area contributed by atoms with Crippen LogP contribution in [-0.2, 0) is 6.42 Å². The first-order chi connectivity index (χ1) is 5.95. The molecule has 0 spiro atoms. The maximum Gasteiger partial charge on any atom is 0.151 e. The Hall–Kier alpha value is -0.990. The molecule has 1 aromatic heterocycles. The van der Waals surface area contributed by atoms with Gasteiger partial charge in [0.2, 0.25) is 0 Å². The lowest BCUT2D eigenvalue weighted by molar-refractivity contribution is 0.408. The van der Waals surface area contributed by atoms with Gasteiger partial charge < -0.3 is 5.32 Å². The molecule has 3 nitrogen and oxygen atoms in total. The van der Waals surface area contributed by atoms with Crippen molar-refractivity contribution < 1.29 is 0 Å². The van der Waals surface area contributed by atoms with Crippen LogP contribution in [0.1, 0.15) is 36.4 Å². The molecule has 0 bridgehead atoms. The molecular weight excluding hydrogens is 150 g/mol. The van der Waals surface area contributed by atoms with Gasteiger partial charge in [-0.1, -0.05) is 6.42 Å². The van der Waals surface area contributed by atoms with E-state index in [1.54, 1.807) is 0 Å². The second-order valence-corrected chi connectivity index (χ2v) is 3.77. The number of hydrogen-bond donors (Lipinski definition) is 2. The first kappa shape index (κ1) is 6.52. The van der Waals surface area contributed by atoms with Crippen LogP contribution in [0, 0.1) is 0 Å². The highest BCUT2D eigenvalue weighted by Gasteiger charge is 2.27. The van der Waals surface area contributed by atoms with E-state index in [9.17, 15) is 0 Å². The smallest absolute Gasteiger partial charge is 0.151 e. The number of fused-ring (bicyclic) bond motifs is 1. The third-order valence-corrected chi connectivity index (χ3v) is 3.08. The van der Waals surface area contributed by atoms with E-state index in [1.807, 2.05) is 0 Å². The molecule has 1 fully saturated rings. The summed E-state index contributed by atoms with van der Waals surface area (Å²) in [5, 5.41) is 10.7. The van der Waals surface area contributed by atoms with Crippen LogP contribution >= 0.6 is 0 Å². The monoisotopic (exact) mass is 163 g/mol. The molecule has 64 valence electrons. The summed E-state index contributed by atoms with van der Waals surface area (Å²) in [6.07, 6.45) is 5.27. The number of hydrogen-bond acceptors (Lipinski definition) is 2. The largest absolute Gasteiger partial charge is 0.368 e. The summed E-state index contributed by atoms with van der Waals surface area (Å²) in [6.45, 7) is 1.08. The van der Waals surface area contributed by atoms with E-state index in [0.717, 1.165) is 24.7 Å². The Morgan fingerprint density at radius 3 is 3.00 bits per heavy atom. The van der Waals surface area contributed by atoms with Gasteiger partial charge in [-0.15, -0.1) is 0 Å². The number of anilines is 1. The van der Waals surface area contributed by atoms with Crippen molar-refractivity contribution in [2.24, 2.45) is 0 Å². The minimum Gasteiger partial charge on any atom is -0.368 e. The molecule has 1 aliphatic carbocycles. The highest BCUT2D eigenvalue weighted by molar-refractivity contribution is 5.52. The van der Waals surface area contributed by atoms with Crippen molar-refractivity contribution in [3.63, 3.8) is 0 Å². The Morgan fingerprint density at radius 2 is 2.25 bits per heavy atom. The number of nitrogens with zero attached hydrogens (tertiary/aromatic N) is 1. The molecule has 2 aliphatic rings. The average Bonchev–Trinajstić information content (AvgIpc) is 2.48. The third-order valence-electron chi connectivity index (χ3n) is 3.08. The van der Waals surface area contributed by atoms with Crippen LogP contribution in [0.15, 0.2) is 0 Å². The molecule has 0 saturated heterocycles. The van der Waals surface area contributed by atoms with Gasteiger partial charge in [0.05, 0.1) is 0 Å². The third kappa shape index (κ3) is 0.737. The Balaban J connectivity index is 1.99. The first-order valence-electron chi connectivity index (χ1n) is 4.76. The summed E-state index contributed by atoms with van der Waals surface area (Å²) in [5.74, 6) is 1.90. The van der Waals surface area contributed by atoms with E-state index in [1.165, 1.54) is 30.5 Å². The van der Waals surface area contributed by atoms with Crippen LogP contribution in [0.3, 0.4) is 0 Å². The van der Waals surface area contributed by atoms with E-state index in [0.29, 0.717) is 0 Å². The maximum absolute atomic E-state index is 4.26. The molecule has 2 N–H and O–H groups in total. The fraction of sp³-hybridized carbons (Fsp3) is 0.667. The zero-order valence-electron chi connectivity index (χ0n) is 7.06. The number of H-pyrrole nitrogens is 1. The van der Waals surface area contributed by atoms with Crippen molar-refractivity contribution >= 4 is 5.82 Å². The summed E-state index contributed by atoms with van der Waals surface area (Å²) in [4.78, 5) is 0. The minimum absolute atomic E-state index is 0.793. The van der Waals surface area contributed by atoms with Gasteiger partial charge in [-0.3, -0.25) is 5.10 Å². The zero-order chi connectivity index (χ0) is 7.97. The fourth-order valence-corrected chi connectivity index (χ4v) is 2.12. The van der Waals surface area contributed by atoms with Crippen LogP contribution in [0.5, 0.6) is 0 Å². The number of aromatic amines is 1. The van der Waals surface area contributed by atoms with Crippen molar-refractivity contribution in [1.82, 2.24) is 10.2 Å². The quantitative estimate of drug-likeness (QED) is 0.660. The van der Waals surface area contributed by atoms with Crippen LogP contribution in [-0.4, -0.2) is 16.7 Å². The number of aromatic nitrogens is 2. The van der Waals surface area contributed by atoms with Crippen LogP contribution in [0.2, 0.25) is 0 Å². The Bertz CT molecular complexity index is 299. The second kappa shape index (κ2) is 2.25. The molecule has 0 unspecified atom stereocenters. The molecule has 0 aromatic carbocycles. The molecule has 12 heavy (non-hydrogen) atoms. The number of rotatable bonds is 1. The van der Waals surface area contributed by atoms with Crippen molar-refractivity contribution in [2.45, 2.75) is 31.6 Å². The highest BCUT2D eigenvalue weighted by atomic mass is 15.2. The summed E-state index contributed by atoms with van der Waals surface area (Å²) in [6, 6.07) is 0. The van der Waals surface area contributed by atoms with Crippen LogP contribution < -0.4 is 5.32 Å². The molecule has 0 atom stereocenters. The standard InChI is InChI=1S/C9H13N3/c1-2-6(3-1)8-7-4-5-10-9(7)12-11-8/h6H,1-5H2,(H2,10,11,12). The van der Waals surface area contributed by atoms with E-state index < -0.39 is 0 Å². The van der Waals surface area contributed by atoms with Crippen molar-refractivity contribution in [2.75, 3.05) is 11.9 Å². The molecule has 3 heteroatoms. The molecule has 0 radical (unpaired) electrons. The molecule has 1 aromatic rings. The van der Waals surface area contributed by atoms with Gasteiger partial charge in [-0.05, 0) is 19.3 Å². The van der Waals surface area contributed by atoms with Gasteiger partial charge in [-0.25, -0.2) is 0 Å². The lowest BCUT2D eigenvalue weighted by Crippen LogP contribution is -2.11. The average molecular weight is 163 g/mol. The van der Waals surface area contributed by atoms with Crippen molar-refractivity contribution in [3.8, 4) is 0 Å². The van der Waals surface area contributed by atoms with Gasteiger partial charge in [-0.2, -0.15) is 5.10 Å². The summed E-state index contributed by atoms with van der Waals surface area (Å²) < 4.78 is 0. The van der Waals surface area contributed by atoms with Gasteiger partial charge in [0.1, 0.15) is 0 Å². The molecule has 3 rings (SSSR count). The predicted octanol–water partition coefficient (Wildman–Crippen LogP) is 1.65. The van der Waals surface area contributed by atoms with Gasteiger partial charge in [0.15, 0.2) is 5.82 Å². The van der Waals surface area contributed by atoms with E-state index in [4.69, 9.17) is 0 Å². The molecule has 1 aliphatic heterocycles. The fourth-order valence-electron chi connectivity index (χ4n) is 2.12. The maximum atomic E-state index is 4.26. The first-order valence-corrected chi connectivity index (χ1v) is 4.76. The zero-order valence-corrected chi connectivity index (χ0v) is 7.06. The molecular formula is C9H13N3. The second-order valence-electron chi connectivity index (χ2n) is 3.77. The van der Waals surface area contributed by atoms with E-state index >= 15 is 0 Å². The topological polar surface area (TPSA) is 40.7 Å². The lowest BCUT2D eigenvalue weighted by Gasteiger charge is -2.24. The van der Waals surface area contributed by atoms with Crippen LogP contribution in [0.4, 0.5) is 5.82 Å². The summed E-state index contributed by atoms with van der Waals surface area (Å²) in [5.41, 5.74) is 2.88.